The molecule has 1 aromatic rings. The Balaban J connectivity index is 1.24. The van der Waals surface area contributed by atoms with Crippen LogP contribution in [0.2, 0.25) is 0 Å². The molecule has 26 heavy (non-hydrogen) atoms. The lowest BCUT2D eigenvalue weighted by Gasteiger charge is -2.37. The molecule has 4 heteroatoms. The SMILES string of the molecule is CC1CCCCN1C(=O)CN1CCC(CN2CCc3ccccc32)CC1. The zero-order valence-electron chi connectivity index (χ0n) is 16.2. The molecule has 1 aromatic carbocycles. The number of nitrogens with zero attached hydrogens (tertiary/aromatic N) is 3. The summed E-state index contributed by atoms with van der Waals surface area (Å²) < 4.78 is 0. The molecule has 0 saturated carbocycles. The van der Waals surface area contributed by atoms with Crippen LogP contribution in [0.4, 0.5) is 5.69 Å². The van der Waals surface area contributed by atoms with Crippen LogP contribution in [0.5, 0.6) is 0 Å². The first-order chi connectivity index (χ1) is 12.7. The van der Waals surface area contributed by atoms with Gasteiger partial charge in [-0.25, -0.2) is 0 Å². The van der Waals surface area contributed by atoms with Crippen molar-refractivity contribution in [2.24, 2.45) is 5.92 Å². The largest absolute Gasteiger partial charge is 0.371 e. The molecule has 0 radical (unpaired) electrons. The molecular weight excluding hydrogens is 322 g/mol. The number of hydrogen-bond acceptors (Lipinski definition) is 3. The van der Waals surface area contributed by atoms with Gasteiger partial charge < -0.3 is 9.80 Å². The van der Waals surface area contributed by atoms with Gasteiger partial charge in [-0.3, -0.25) is 9.69 Å². The fraction of sp³-hybridized carbons (Fsp3) is 0.682. The van der Waals surface area contributed by atoms with E-state index in [0.717, 1.165) is 25.6 Å². The third-order valence-electron chi connectivity index (χ3n) is 6.65. The molecule has 2 saturated heterocycles. The molecule has 0 bridgehead atoms. The summed E-state index contributed by atoms with van der Waals surface area (Å²) >= 11 is 0. The monoisotopic (exact) mass is 355 g/mol. The standard InChI is InChI=1S/C22H33N3O/c1-18-6-4-5-12-25(18)22(26)17-23-13-9-19(10-14-23)16-24-15-11-20-7-2-3-8-21(20)24/h2-3,7-8,18-19H,4-6,9-17H2,1H3. The quantitative estimate of drug-likeness (QED) is 0.830. The van der Waals surface area contributed by atoms with Crippen LogP contribution in [-0.2, 0) is 11.2 Å². The average Bonchev–Trinajstić information content (AvgIpc) is 3.07. The molecule has 0 N–H and O–H groups in total. The number of carbonyl (C=O) groups excluding carboxylic acids is 1. The number of piperidine rings is 2. The predicted molar refractivity (Wildman–Crippen MR) is 107 cm³/mol. The third kappa shape index (κ3) is 3.90. The molecule has 4 nitrogen and oxygen atoms in total. The van der Waals surface area contributed by atoms with E-state index in [-0.39, 0.29) is 0 Å². The van der Waals surface area contributed by atoms with Crippen LogP contribution < -0.4 is 4.90 Å². The second-order valence-electron chi connectivity index (χ2n) is 8.48. The van der Waals surface area contributed by atoms with Gasteiger partial charge in [0.05, 0.1) is 6.54 Å². The highest BCUT2D eigenvalue weighted by molar-refractivity contribution is 5.78. The van der Waals surface area contributed by atoms with Crippen molar-refractivity contribution < 1.29 is 4.79 Å². The van der Waals surface area contributed by atoms with Gasteiger partial charge in [0.2, 0.25) is 5.91 Å². The van der Waals surface area contributed by atoms with Gasteiger partial charge in [0.15, 0.2) is 0 Å². The van der Waals surface area contributed by atoms with Gasteiger partial charge in [-0.15, -0.1) is 0 Å². The lowest BCUT2D eigenvalue weighted by molar-refractivity contribution is -0.136. The zero-order valence-corrected chi connectivity index (χ0v) is 16.2. The Morgan fingerprint density at radius 2 is 1.85 bits per heavy atom. The molecule has 1 unspecified atom stereocenters. The van der Waals surface area contributed by atoms with Crippen molar-refractivity contribution in [3.05, 3.63) is 29.8 Å². The fourth-order valence-electron chi connectivity index (χ4n) is 4.99. The molecule has 1 atom stereocenters. The third-order valence-corrected chi connectivity index (χ3v) is 6.65. The topological polar surface area (TPSA) is 26.8 Å². The number of fused-ring (bicyclic) bond motifs is 1. The normalized spacial score (nSPS) is 24.7. The minimum absolute atomic E-state index is 0.351. The lowest BCUT2D eigenvalue weighted by Crippen LogP contribution is -2.48. The van der Waals surface area contributed by atoms with Crippen molar-refractivity contribution >= 4 is 11.6 Å². The maximum Gasteiger partial charge on any atom is 0.236 e. The Bertz CT molecular complexity index is 624. The Morgan fingerprint density at radius 1 is 1.04 bits per heavy atom. The highest BCUT2D eigenvalue weighted by Crippen LogP contribution is 2.30. The van der Waals surface area contributed by atoms with E-state index in [0.29, 0.717) is 18.5 Å². The summed E-state index contributed by atoms with van der Waals surface area (Å²) in [5.41, 5.74) is 2.95. The van der Waals surface area contributed by atoms with Crippen LogP contribution in [0.25, 0.3) is 0 Å². The highest BCUT2D eigenvalue weighted by atomic mass is 16.2. The smallest absolute Gasteiger partial charge is 0.236 e. The van der Waals surface area contributed by atoms with Gasteiger partial charge >= 0.3 is 0 Å². The maximum absolute atomic E-state index is 12.7. The Kier molecular flexibility index (Phi) is 5.49. The molecule has 4 rings (SSSR count). The van der Waals surface area contributed by atoms with Crippen molar-refractivity contribution in [1.29, 1.82) is 0 Å². The Hall–Kier alpha value is -1.55. The van der Waals surface area contributed by atoms with Crippen molar-refractivity contribution in [2.45, 2.75) is 51.5 Å². The Morgan fingerprint density at radius 3 is 2.65 bits per heavy atom. The van der Waals surface area contributed by atoms with E-state index >= 15 is 0 Å². The average molecular weight is 356 g/mol. The first-order valence-electron chi connectivity index (χ1n) is 10.6. The van der Waals surface area contributed by atoms with Gasteiger partial charge in [0, 0.05) is 31.4 Å². The lowest BCUT2D eigenvalue weighted by atomic mass is 9.96. The van der Waals surface area contributed by atoms with Gasteiger partial charge in [-0.1, -0.05) is 18.2 Å². The van der Waals surface area contributed by atoms with E-state index in [1.54, 1.807) is 0 Å². The summed E-state index contributed by atoms with van der Waals surface area (Å²) in [6, 6.07) is 9.29. The van der Waals surface area contributed by atoms with Crippen LogP contribution in [0.3, 0.4) is 0 Å². The van der Waals surface area contributed by atoms with Crippen molar-refractivity contribution in [3.8, 4) is 0 Å². The van der Waals surface area contributed by atoms with Crippen molar-refractivity contribution in [1.82, 2.24) is 9.80 Å². The molecule has 0 spiro atoms. The van der Waals surface area contributed by atoms with Crippen LogP contribution in [0.1, 0.15) is 44.6 Å². The first-order valence-corrected chi connectivity index (χ1v) is 10.6. The van der Waals surface area contributed by atoms with E-state index < -0.39 is 0 Å². The number of amides is 1. The molecule has 0 aromatic heterocycles. The van der Waals surface area contributed by atoms with Gasteiger partial charge in [0.25, 0.3) is 0 Å². The molecule has 1 amide bonds. The highest BCUT2D eigenvalue weighted by Gasteiger charge is 2.28. The molecule has 3 aliphatic heterocycles. The van der Waals surface area contributed by atoms with E-state index in [1.807, 2.05) is 0 Å². The zero-order chi connectivity index (χ0) is 17.9. The number of para-hydroxylation sites is 1. The van der Waals surface area contributed by atoms with Gasteiger partial charge in [0.1, 0.15) is 0 Å². The van der Waals surface area contributed by atoms with Gasteiger partial charge in [-0.05, 0) is 76.1 Å². The molecule has 142 valence electrons. The summed E-state index contributed by atoms with van der Waals surface area (Å²) in [6.45, 7) is 8.31. The second-order valence-corrected chi connectivity index (χ2v) is 8.48. The van der Waals surface area contributed by atoms with E-state index in [4.69, 9.17) is 0 Å². The minimum atomic E-state index is 0.351. The predicted octanol–water partition coefficient (Wildman–Crippen LogP) is 3.16. The number of carbonyl (C=O) groups is 1. The number of anilines is 1. The van der Waals surface area contributed by atoms with Crippen LogP contribution in [0, 0.1) is 5.92 Å². The molecule has 0 aliphatic carbocycles. The van der Waals surface area contributed by atoms with E-state index in [2.05, 4.69) is 45.9 Å². The number of hydrogen-bond donors (Lipinski definition) is 0. The van der Waals surface area contributed by atoms with Crippen LogP contribution in [0.15, 0.2) is 24.3 Å². The summed E-state index contributed by atoms with van der Waals surface area (Å²) in [4.78, 5) is 19.7. The summed E-state index contributed by atoms with van der Waals surface area (Å²) in [5.74, 6) is 1.12. The second kappa shape index (κ2) is 7.99. The molecule has 3 heterocycles. The molecular formula is C22H33N3O. The van der Waals surface area contributed by atoms with Crippen molar-refractivity contribution in [2.75, 3.05) is 44.2 Å². The van der Waals surface area contributed by atoms with Gasteiger partial charge in [-0.2, -0.15) is 0 Å². The fourth-order valence-corrected chi connectivity index (χ4v) is 4.99. The first kappa shape index (κ1) is 17.8. The summed E-state index contributed by atoms with van der Waals surface area (Å²) in [6.07, 6.45) is 7.26. The molecule has 2 fully saturated rings. The van der Waals surface area contributed by atoms with Crippen LogP contribution in [-0.4, -0.2) is 61.0 Å². The van der Waals surface area contributed by atoms with Crippen molar-refractivity contribution in [3.63, 3.8) is 0 Å². The van der Waals surface area contributed by atoms with Crippen LogP contribution >= 0.6 is 0 Å². The summed E-state index contributed by atoms with van der Waals surface area (Å²) in [5, 5.41) is 0. The van der Waals surface area contributed by atoms with E-state index in [9.17, 15) is 4.79 Å². The number of benzene rings is 1. The van der Waals surface area contributed by atoms with E-state index in [1.165, 1.54) is 62.9 Å². The number of likely N-dealkylation sites (tertiary alicyclic amines) is 2. The summed E-state index contributed by atoms with van der Waals surface area (Å²) in [7, 11) is 0. The Labute approximate surface area is 158 Å². The number of rotatable bonds is 4. The minimum Gasteiger partial charge on any atom is -0.371 e. The maximum atomic E-state index is 12.7. The molecule has 3 aliphatic rings.